The summed E-state index contributed by atoms with van der Waals surface area (Å²) in [5.74, 6) is 0.0431. The molecule has 1 aromatic heterocycles. The monoisotopic (exact) mass is 306 g/mol. The van der Waals surface area contributed by atoms with Crippen LogP contribution in [0.3, 0.4) is 0 Å². The molecule has 2 aromatic rings. The van der Waals surface area contributed by atoms with Gasteiger partial charge in [-0.1, -0.05) is 0 Å². The lowest BCUT2D eigenvalue weighted by molar-refractivity contribution is 0.0554. The number of fused-ring (bicyclic) bond motifs is 1. The molecule has 1 atom stereocenters. The molecular weight excluding hydrogens is 288 g/mol. The van der Waals surface area contributed by atoms with Crippen molar-refractivity contribution >= 4 is 28.7 Å². The maximum absolute atomic E-state index is 12.5. The Hall–Kier alpha value is -1.57. The Morgan fingerprint density at radius 1 is 1.29 bits per heavy atom. The molecule has 2 heterocycles. The molecule has 3 rings (SSSR count). The Bertz CT molecular complexity index is 635. The number of β-amino-alcohol motifs (C(OH)–C–C–N with tert-alkyl or cyclic N) is 1. The van der Waals surface area contributed by atoms with Crippen LogP contribution in [0.25, 0.3) is 11.0 Å². The average molecular weight is 306 g/mol. The van der Waals surface area contributed by atoms with E-state index in [0.717, 1.165) is 35.9 Å². The number of amides is 1. The van der Waals surface area contributed by atoms with Crippen LogP contribution in [0.5, 0.6) is 0 Å². The van der Waals surface area contributed by atoms with Gasteiger partial charge in [-0.05, 0) is 25.1 Å². The number of carbonyl (C=O) groups excluding carboxylic acids is 1. The lowest BCUT2D eigenvalue weighted by Crippen LogP contribution is -2.50. The molecule has 112 valence electrons. The fraction of sp³-hybridized carbons (Fsp3) is 0.500. The van der Waals surface area contributed by atoms with E-state index in [1.54, 1.807) is 6.92 Å². The van der Waals surface area contributed by atoms with Gasteiger partial charge in [0.15, 0.2) is 0 Å². The predicted molar refractivity (Wildman–Crippen MR) is 81.4 cm³/mol. The van der Waals surface area contributed by atoms with E-state index in [1.165, 1.54) is 0 Å². The fourth-order valence-corrected chi connectivity index (χ4v) is 3.12. The maximum atomic E-state index is 12.5. The van der Waals surface area contributed by atoms with Crippen LogP contribution in [0.15, 0.2) is 18.2 Å². The van der Waals surface area contributed by atoms with Crippen LogP contribution in [0.4, 0.5) is 0 Å². The van der Waals surface area contributed by atoms with Crippen molar-refractivity contribution in [3.8, 4) is 0 Å². The summed E-state index contributed by atoms with van der Waals surface area (Å²) in [6, 6.07) is 5.47. The predicted octanol–water partition coefficient (Wildman–Crippen LogP) is 0.830. The molecule has 1 unspecified atom stereocenters. The first-order chi connectivity index (χ1) is 10.1. The summed E-state index contributed by atoms with van der Waals surface area (Å²) in [4.78, 5) is 16.6. The van der Waals surface area contributed by atoms with Gasteiger partial charge in [0.2, 0.25) is 0 Å². The highest BCUT2D eigenvalue weighted by atomic mass is 32.1. The maximum Gasteiger partial charge on any atom is 0.254 e. The third-order valence-electron chi connectivity index (χ3n) is 3.68. The number of benzene rings is 1. The van der Waals surface area contributed by atoms with Crippen LogP contribution in [0, 0.1) is 0 Å². The normalized spacial score (nSPS) is 18.1. The van der Waals surface area contributed by atoms with Gasteiger partial charge in [-0.25, -0.2) is 0 Å². The minimum atomic E-state index is -0.327. The van der Waals surface area contributed by atoms with E-state index in [4.69, 9.17) is 0 Å². The number of piperazine rings is 1. The van der Waals surface area contributed by atoms with Crippen LogP contribution >= 0.6 is 11.7 Å². The summed E-state index contributed by atoms with van der Waals surface area (Å²) in [7, 11) is 0. The van der Waals surface area contributed by atoms with Gasteiger partial charge in [0.25, 0.3) is 5.91 Å². The van der Waals surface area contributed by atoms with Crippen molar-refractivity contribution in [2.45, 2.75) is 13.0 Å². The first-order valence-electron chi connectivity index (χ1n) is 7.05. The Balaban J connectivity index is 1.66. The van der Waals surface area contributed by atoms with Crippen molar-refractivity contribution in [1.82, 2.24) is 18.5 Å². The number of rotatable bonds is 3. The third-order valence-corrected chi connectivity index (χ3v) is 4.24. The lowest BCUT2D eigenvalue weighted by atomic mass is 10.1. The molecule has 1 aliphatic rings. The number of aliphatic hydroxyl groups is 1. The molecule has 1 fully saturated rings. The van der Waals surface area contributed by atoms with E-state index in [9.17, 15) is 9.90 Å². The van der Waals surface area contributed by atoms with Crippen molar-refractivity contribution < 1.29 is 9.90 Å². The smallest absolute Gasteiger partial charge is 0.254 e. The highest BCUT2D eigenvalue weighted by Crippen LogP contribution is 2.16. The van der Waals surface area contributed by atoms with Crippen LogP contribution in [-0.4, -0.2) is 68.4 Å². The van der Waals surface area contributed by atoms with Gasteiger partial charge >= 0.3 is 0 Å². The highest BCUT2D eigenvalue weighted by Gasteiger charge is 2.23. The second-order valence-electron chi connectivity index (χ2n) is 5.41. The average Bonchev–Trinajstić information content (AvgIpc) is 2.94. The van der Waals surface area contributed by atoms with E-state index in [1.807, 2.05) is 23.1 Å². The molecule has 6 nitrogen and oxygen atoms in total. The number of aromatic nitrogens is 2. The van der Waals surface area contributed by atoms with Crippen molar-refractivity contribution in [2.75, 3.05) is 32.7 Å². The van der Waals surface area contributed by atoms with E-state index >= 15 is 0 Å². The highest BCUT2D eigenvalue weighted by molar-refractivity contribution is 7.00. The molecule has 7 heteroatoms. The SMILES string of the molecule is CC(O)CN1CCN(C(=O)c2ccc3nsnc3c2)CC1. The van der Waals surface area contributed by atoms with Gasteiger partial charge < -0.3 is 10.0 Å². The molecule has 1 amide bonds. The van der Waals surface area contributed by atoms with Crippen molar-refractivity contribution in [2.24, 2.45) is 0 Å². The summed E-state index contributed by atoms with van der Waals surface area (Å²) in [6.07, 6.45) is -0.327. The minimum Gasteiger partial charge on any atom is -0.392 e. The van der Waals surface area contributed by atoms with Crippen LogP contribution in [0.1, 0.15) is 17.3 Å². The van der Waals surface area contributed by atoms with Gasteiger partial charge in [0.1, 0.15) is 11.0 Å². The van der Waals surface area contributed by atoms with Crippen molar-refractivity contribution in [1.29, 1.82) is 0 Å². The van der Waals surface area contributed by atoms with Crippen LogP contribution < -0.4 is 0 Å². The minimum absolute atomic E-state index is 0.0431. The zero-order chi connectivity index (χ0) is 14.8. The second kappa shape index (κ2) is 6.05. The Morgan fingerprint density at radius 3 is 2.71 bits per heavy atom. The van der Waals surface area contributed by atoms with Crippen LogP contribution in [-0.2, 0) is 0 Å². The van der Waals surface area contributed by atoms with E-state index in [-0.39, 0.29) is 12.0 Å². The summed E-state index contributed by atoms with van der Waals surface area (Å²) in [5.41, 5.74) is 2.27. The second-order valence-corrected chi connectivity index (χ2v) is 5.94. The molecule has 0 radical (unpaired) electrons. The molecule has 1 saturated heterocycles. The quantitative estimate of drug-likeness (QED) is 0.909. The number of aliphatic hydroxyl groups excluding tert-OH is 1. The fourth-order valence-electron chi connectivity index (χ4n) is 2.60. The molecule has 0 spiro atoms. The first kappa shape index (κ1) is 14.4. The summed E-state index contributed by atoms with van der Waals surface area (Å²) < 4.78 is 8.32. The Kier molecular flexibility index (Phi) is 4.14. The number of nitrogens with zero attached hydrogens (tertiary/aromatic N) is 4. The number of carbonyl (C=O) groups is 1. The van der Waals surface area contributed by atoms with Gasteiger partial charge in [0.05, 0.1) is 17.8 Å². The lowest BCUT2D eigenvalue weighted by Gasteiger charge is -2.35. The Morgan fingerprint density at radius 2 is 2.00 bits per heavy atom. The zero-order valence-electron chi connectivity index (χ0n) is 11.9. The Labute approximate surface area is 127 Å². The van der Waals surface area contributed by atoms with Gasteiger partial charge in [-0.15, -0.1) is 0 Å². The van der Waals surface area contributed by atoms with Gasteiger partial charge in [-0.3, -0.25) is 9.69 Å². The van der Waals surface area contributed by atoms with Gasteiger partial charge in [0, 0.05) is 38.3 Å². The zero-order valence-corrected chi connectivity index (χ0v) is 12.7. The topological polar surface area (TPSA) is 69.6 Å². The molecule has 0 bridgehead atoms. The first-order valence-corrected chi connectivity index (χ1v) is 7.78. The standard InChI is InChI=1S/C14H18N4O2S/c1-10(19)9-17-4-6-18(7-5-17)14(20)11-2-3-12-13(8-11)16-21-15-12/h2-3,8,10,19H,4-7,9H2,1H3. The largest absolute Gasteiger partial charge is 0.392 e. The summed E-state index contributed by atoms with van der Waals surface area (Å²) >= 11 is 1.16. The van der Waals surface area contributed by atoms with Crippen LogP contribution in [0.2, 0.25) is 0 Å². The summed E-state index contributed by atoms with van der Waals surface area (Å²) in [6.45, 7) is 5.44. The molecule has 0 aliphatic carbocycles. The van der Waals surface area contributed by atoms with Gasteiger partial charge in [-0.2, -0.15) is 8.75 Å². The molecule has 0 saturated carbocycles. The molecular formula is C14H18N4O2S. The van der Waals surface area contributed by atoms with E-state index in [2.05, 4.69) is 13.6 Å². The third kappa shape index (κ3) is 3.20. The van der Waals surface area contributed by atoms with Crippen molar-refractivity contribution in [3.05, 3.63) is 23.8 Å². The van der Waals surface area contributed by atoms with E-state index in [0.29, 0.717) is 25.2 Å². The molecule has 1 N–H and O–H groups in total. The molecule has 1 aliphatic heterocycles. The van der Waals surface area contributed by atoms with Crippen molar-refractivity contribution in [3.63, 3.8) is 0 Å². The molecule has 1 aromatic carbocycles. The molecule has 21 heavy (non-hydrogen) atoms. The number of hydrogen-bond acceptors (Lipinski definition) is 6. The number of hydrogen-bond donors (Lipinski definition) is 1. The van der Waals surface area contributed by atoms with E-state index < -0.39 is 0 Å². The summed E-state index contributed by atoms with van der Waals surface area (Å²) in [5, 5.41) is 9.40.